The normalized spacial score (nSPS) is 12.7. The molecule has 1 amide bonds. The molecule has 1 aromatic heterocycles. The molecule has 6 nitrogen and oxygen atoms in total. The molecule has 0 saturated carbocycles. The van der Waals surface area contributed by atoms with Crippen molar-refractivity contribution < 1.29 is 13.7 Å². The van der Waals surface area contributed by atoms with E-state index in [0.29, 0.717) is 23.6 Å². The average Bonchev–Trinajstić information content (AvgIpc) is 2.82. The topological polar surface area (TPSA) is 83.4 Å². The van der Waals surface area contributed by atoms with Gasteiger partial charge >= 0.3 is 0 Å². The van der Waals surface area contributed by atoms with Crippen molar-refractivity contribution in [3.63, 3.8) is 0 Å². The number of hydrogen-bond acceptors (Lipinski definition) is 5. The summed E-state index contributed by atoms with van der Waals surface area (Å²) in [5.74, 6) is 0.759. The van der Waals surface area contributed by atoms with Gasteiger partial charge in [-0.2, -0.15) is 0 Å². The highest BCUT2D eigenvalue weighted by molar-refractivity contribution is 7.92. The van der Waals surface area contributed by atoms with Gasteiger partial charge in [-0.25, -0.2) is 14.0 Å². The lowest BCUT2D eigenvalue weighted by Crippen LogP contribution is -2.24. The molecule has 1 atom stereocenters. The Morgan fingerprint density at radius 1 is 1.06 bits per heavy atom. The molecule has 0 spiro atoms. The largest absolute Gasteiger partial charge is 0.481 e. The third-order valence-corrected chi connectivity index (χ3v) is 7.01. The Kier molecular flexibility index (Phi) is 7.07. The molecule has 1 N–H and O–H groups in total. The quantitative estimate of drug-likeness (QED) is 0.550. The Bertz CT molecular complexity index is 1140. The van der Waals surface area contributed by atoms with Crippen LogP contribution in [-0.4, -0.2) is 35.0 Å². The molecule has 31 heavy (non-hydrogen) atoms. The van der Waals surface area contributed by atoms with E-state index in [1.54, 1.807) is 43.5 Å². The van der Waals surface area contributed by atoms with Crippen LogP contribution in [0.2, 0.25) is 0 Å². The van der Waals surface area contributed by atoms with Crippen molar-refractivity contribution in [1.29, 1.82) is 4.78 Å². The fourth-order valence-corrected chi connectivity index (χ4v) is 4.61. The zero-order valence-electron chi connectivity index (χ0n) is 18.0. The predicted molar refractivity (Wildman–Crippen MR) is 124 cm³/mol. The number of nitrogens with zero attached hydrogens (tertiary/aromatic N) is 2. The van der Waals surface area contributed by atoms with E-state index in [9.17, 15) is 9.00 Å². The van der Waals surface area contributed by atoms with Crippen LogP contribution in [0.3, 0.4) is 0 Å². The molecule has 7 heteroatoms. The van der Waals surface area contributed by atoms with E-state index in [1.807, 2.05) is 49.4 Å². The van der Waals surface area contributed by atoms with E-state index in [4.69, 9.17) is 9.52 Å². The molecule has 3 aromatic rings. The number of nitrogens with one attached hydrogen (secondary N) is 1. The number of aromatic nitrogens is 1. The van der Waals surface area contributed by atoms with Gasteiger partial charge in [0.15, 0.2) is 0 Å². The number of benzene rings is 2. The number of methoxy groups -OCH3 is 1. The van der Waals surface area contributed by atoms with Crippen molar-refractivity contribution in [3.8, 4) is 17.0 Å². The fourth-order valence-electron chi connectivity index (χ4n) is 3.30. The number of hydrogen-bond donors (Lipinski definition) is 1. The maximum atomic E-state index is 13.0. The first-order valence-corrected chi connectivity index (χ1v) is 11.8. The molecule has 0 aliphatic rings. The zero-order valence-corrected chi connectivity index (χ0v) is 18.8. The van der Waals surface area contributed by atoms with Gasteiger partial charge in [0, 0.05) is 41.6 Å². The lowest BCUT2D eigenvalue weighted by atomic mass is 10.1. The first kappa shape index (κ1) is 22.5. The number of carbonyl (C=O) groups is 1. The summed E-state index contributed by atoms with van der Waals surface area (Å²) in [4.78, 5) is 18.1. The molecule has 2 aromatic carbocycles. The van der Waals surface area contributed by atoms with E-state index < -0.39 is 9.73 Å². The molecule has 162 valence electrons. The summed E-state index contributed by atoms with van der Waals surface area (Å²) in [5.41, 5.74) is 3.63. The third-order valence-electron chi connectivity index (χ3n) is 5.20. The number of ether oxygens (including phenoxy) is 1. The smallest absolute Gasteiger partial charge is 0.226 e. The van der Waals surface area contributed by atoms with E-state index >= 15 is 0 Å². The van der Waals surface area contributed by atoms with E-state index in [1.165, 1.54) is 0 Å². The van der Waals surface area contributed by atoms with E-state index in [-0.39, 0.29) is 11.7 Å². The second kappa shape index (κ2) is 9.75. The highest BCUT2D eigenvalue weighted by atomic mass is 32.2. The molecule has 0 radical (unpaired) electrons. The first-order chi connectivity index (χ1) is 14.9. The summed E-state index contributed by atoms with van der Waals surface area (Å²) in [6, 6.07) is 18.7. The highest BCUT2D eigenvalue weighted by Gasteiger charge is 2.14. The summed E-state index contributed by atoms with van der Waals surface area (Å²) < 4.78 is 26.6. The lowest BCUT2D eigenvalue weighted by Gasteiger charge is -2.17. The van der Waals surface area contributed by atoms with Crippen LogP contribution in [0.1, 0.15) is 18.9 Å². The molecule has 0 bridgehead atoms. The van der Waals surface area contributed by atoms with Crippen molar-refractivity contribution in [3.05, 3.63) is 72.4 Å². The minimum absolute atomic E-state index is 0.0613. The lowest BCUT2D eigenvalue weighted by molar-refractivity contribution is -0.118. The molecule has 0 aliphatic heterocycles. The average molecular weight is 438 g/mol. The van der Waals surface area contributed by atoms with Crippen LogP contribution in [-0.2, 0) is 20.9 Å². The van der Waals surface area contributed by atoms with Crippen LogP contribution < -0.4 is 9.64 Å². The molecular formula is C24H27N3O3S. The van der Waals surface area contributed by atoms with Gasteiger partial charge in [0.2, 0.25) is 11.8 Å². The number of anilines is 1. The number of rotatable bonds is 8. The van der Waals surface area contributed by atoms with Gasteiger partial charge in [-0.1, -0.05) is 37.3 Å². The van der Waals surface area contributed by atoms with Crippen molar-refractivity contribution in [1.82, 2.24) is 4.98 Å². The SMILES string of the molecule is CCC(=O)N(C)c1ccc(-c2ccc(S(=N)(=O)CCc3cccnc3OC)cc2)cc1. The maximum absolute atomic E-state index is 13.0. The van der Waals surface area contributed by atoms with Gasteiger partial charge in [-0.15, -0.1) is 0 Å². The van der Waals surface area contributed by atoms with Gasteiger partial charge < -0.3 is 9.64 Å². The van der Waals surface area contributed by atoms with Crippen LogP contribution in [0.15, 0.2) is 71.8 Å². The third kappa shape index (κ3) is 5.30. The van der Waals surface area contributed by atoms with Crippen molar-refractivity contribution in [2.24, 2.45) is 0 Å². The van der Waals surface area contributed by atoms with Gasteiger partial charge in [-0.05, 0) is 47.9 Å². The number of carbonyl (C=O) groups excluding carboxylic acids is 1. The van der Waals surface area contributed by atoms with Gasteiger partial charge in [0.25, 0.3) is 0 Å². The van der Waals surface area contributed by atoms with Gasteiger partial charge in [0.05, 0.1) is 16.8 Å². The summed E-state index contributed by atoms with van der Waals surface area (Å²) in [7, 11) is 0.376. The van der Waals surface area contributed by atoms with Crippen LogP contribution in [0, 0.1) is 4.78 Å². The van der Waals surface area contributed by atoms with Gasteiger partial charge in [0.1, 0.15) is 0 Å². The van der Waals surface area contributed by atoms with Crippen LogP contribution in [0.4, 0.5) is 5.69 Å². The number of aryl methyl sites for hydroxylation is 1. The Morgan fingerprint density at radius 2 is 1.68 bits per heavy atom. The number of pyridine rings is 1. The summed E-state index contributed by atoms with van der Waals surface area (Å²) in [6.45, 7) is 1.84. The molecule has 1 unspecified atom stereocenters. The van der Waals surface area contributed by atoms with Crippen molar-refractivity contribution in [2.45, 2.75) is 24.7 Å². The Hall–Kier alpha value is -3.19. The molecular weight excluding hydrogens is 410 g/mol. The Morgan fingerprint density at radius 3 is 2.26 bits per heavy atom. The molecule has 0 aliphatic carbocycles. The molecule has 1 heterocycles. The Labute approximate surface area is 183 Å². The van der Waals surface area contributed by atoms with Crippen molar-refractivity contribution >= 4 is 21.3 Å². The van der Waals surface area contributed by atoms with E-state index in [2.05, 4.69) is 4.98 Å². The maximum Gasteiger partial charge on any atom is 0.226 e. The van der Waals surface area contributed by atoms with Crippen LogP contribution >= 0.6 is 0 Å². The zero-order chi connectivity index (χ0) is 22.4. The summed E-state index contributed by atoms with van der Waals surface area (Å²) >= 11 is 0. The first-order valence-electron chi connectivity index (χ1n) is 10.1. The fraction of sp³-hybridized carbons (Fsp3) is 0.250. The molecule has 3 rings (SSSR count). The molecule has 0 saturated heterocycles. The minimum Gasteiger partial charge on any atom is -0.481 e. The summed E-state index contributed by atoms with van der Waals surface area (Å²) in [6.07, 6.45) is 2.55. The predicted octanol–water partition coefficient (Wildman–Crippen LogP) is 4.78. The van der Waals surface area contributed by atoms with Crippen LogP contribution in [0.25, 0.3) is 11.1 Å². The minimum atomic E-state index is -2.94. The Balaban J connectivity index is 1.72. The van der Waals surface area contributed by atoms with E-state index in [0.717, 1.165) is 22.4 Å². The summed E-state index contributed by atoms with van der Waals surface area (Å²) in [5, 5.41) is 0. The highest BCUT2D eigenvalue weighted by Crippen LogP contribution is 2.25. The monoisotopic (exact) mass is 437 g/mol. The second-order valence-corrected chi connectivity index (χ2v) is 9.41. The standard InChI is InChI=1S/C24H27N3O3S/c1-4-23(28)27(2)21-11-7-18(8-12-21)19-9-13-22(14-10-19)31(25,29)17-15-20-6-5-16-26-24(20)30-3/h5-14,16,25H,4,15,17H2,1-3H3. The van der Waals surface area contributed by atoms with Gasteiger partial charge in [-0.3, -0.25) is 4.79 Å². The molecule has 0 fully saturated rings. The van der Waals surface area contributed by atoms with Crippen molar-refractivity contribution in [2.75, 3.05) is 24.8 Å². The van der Waals surface area contributed by atoms with Crippen LogP contribution in [0.5, 0.6) is 5.88 Å². The number of amides is 1. The second-order valence-electron chi connectivity index (χ2n) is 7.18.